The van der Waals surface area contributed by atoms with Gasteiger partial charge in [-0.05, 0) is 24.3 Å². The molecule has 0 aliphatic carbocycles. The summed E-state index contributed by atoms with van der Waals surface area (Å²) in [5, 5.41) is 4.97. The number of carbonyl (C=O) groups is 1. The molecular weight excluding hydrogens is 285 g/mol. The summed E-state index contributed by atoms with van der Waals surface area (Å²) in [6.45, 7) is -0.0676. The Balaban J connectivity index is 2.86. The molecule has 9 heteroatoms. The zero-order valence-electron chi connectivity index (χ0n) is 9.78. The lowest BCUT2D eigenvalue weighted by atomic mass is 10.3. The highest BCUT2D eigenvalue weighted by Gasteiger charge is 2.46. The van der Waals surface area contributed by atoms with Gasteiger partial charge in [-0.15, -0.1) is 0 Å². The summed E-state index contributed by atoms with van der Waals surface area (Å²) in [5.74, 6) is -0.313. The average Bonchev–Trinajstić information content (AvgIpc) is 2.35. The van der Waals surface area contributed by atoms with Crippen LogP contribution in [-0.2, 0) is 14.6 Å². The van der Waals surface area contributed by atoms with Crippen LogP contribution in [0.4, 0.5) is 18.9 Å². The Hall–Kier alpha value is -1.77. The maximum absolute atomic E-state index is 12.3. The molecule has 0 fully saturated rings. The lowest BCUT2D eigenvalue weighted by Gasteiger charge is -2.09. The summed E-state index contributed by atoms with van der Waals surface area (Å²) < 4.78 is 58.9. The molecule has 1 amide bonds. The van der Waals surface area contributed by atoms with E-state index in [1.807, 2.05) is 0 Å². The number of benzene rings is 1. The van der Waals surface area contributed by atoms with Gasteiger partial charge in [0.05, 0.1) is 11.4 Å². The van der Waals surface area contributed by atoms with Crippen molar-refractivity contribution in [1.82, 2.24) is 5.32 Å². The van der Waals surface area contributed by atoms with Crippen molar-refractivity contribution in [3.63, 3.8) is 0 Å². The second-order valence-corrected chi connectivity index (χ2v) is 5.44. The minimum atomic E-state index is -5.34. The molecule has 2 N–H and O–H groups in total. The smallest absolute Gasteiger partial charge is 0.376 e. The minimum Gasteiger partial charge on any atom is -0.376 e. The number of halogens is 3. The van der Waals surface area contributed by atoms with Crippen LogP contribution in [0.15, 0.2) is 29.2 Å². The summed E-state index contributed by atoms with van der Waals surface area (Å²) >= 11 is 0. The number of nitrogens with one attached hydrogen (secondary N) is 2. The highest BCUT2D eigenvalue weighted by atomic mass is 32.2. The number of sulfone groups is 1. The normalized spacial score (nSPS) is 12.0. The highest BCUT2D eigenvalue weighted by molar-refractivity contribution is 7.92. The molecule has 5 nitrogen and oxygen atoms in total. The summed E-state index contributed by atoms with van der Waals surface area (Å²) in [7, 11) is -3.90. The van der Waals surface area contributed by atoms with E-state index < -0.39 is 20.2 Å². The molecule has 0 heterocycles. The molecule has 0 atom stereocenters. The van der Waals surface area contributed by atoms with Gasteiger partial charge in [-0.2, -0.15) is 13.2 Å². The molecule has 1 aromatic carbocycles. The van der Waals surface area contributed by atoms with Crippen molar-refractivity contribution in [2.75, 3.05) is 18.9 Å². The van der Waals surface area contributed by atoms with Crippen molar-refractivity contribution >= 4 is 21.4 Å². The van der Waals surface area contributed by atoms with Crippen molar-refractivity contribution in [3.8, 4) is 0 Å². The average molecular weight is 296 g/mol. The number of anilines is 1. The molecule has 1 rings (SSSR count). The third kappa shape index (κ3) is 3.60. The first-order valence-corrected chi connectivity index (χ1v) is 6.52. The fraction of sp³-hybridized carbons (Fsp3) is 0.300. The van der Waals surface area contributed by atoms with E-state index in [2.05, 4.69) is 10.6 Å². The number of alkyl halides is 3. The van der Waals surface area contributed by atoms with Gasteiger partial charge in [-0.3, -0.25) is 4.79 Å². The van der Waals surface area contributed by atoms with Gasteiger partial charge in [-0.1, -0.05) is 0 Å². The molecule has 0 aromatic heterocycles. The van der Waals surface area contributed by atoms with Crippen molar-refractivity contribution in [1.29, 1.82) is 0 Å². The first kappa shape index (κ1) is 15.3. The number of likely N-dealkylation sites (N-methyl/N-ethyl adjacent to an activating group) is 1. The van der Waals surface area contributed by atoms with Crippen molar-refractivity contribution in [2.45, 2.75) is 10.4 Å². The Kier molecular flexibility index (Phi) is 4.40. The molecule has 0 aliphatic heterocycles. The molecule has 0 saturated heterocycles. The molecule has 0 saturated carbocycles. The second-order valence-electron chi connectivity index (χ2n) is 3.50. The van der Waals surface area contributed by atoms with Gasteiger partial charge in [0.25, 0.3) is 9.84 Å². The van der Waals surface area contributed by atoms with Gasteiger partial charge >= 0.3 is 5.51 Å². The third-order valence-corrected chi connectivity index (χ3v) is 3.70. The van der Waals surface area contributed by atoms with E-state index in [9.17, 15) is 26.4 Å². The lowest BCUT2D eigenvalue weighted by Crippen LogP contribution is -2.26. The maximum Gasteiger partial charge on any atom is 0.501 e. The monoisotopic (exact) mass is 296 g/mol. The highest BCUT2D eigenvalue weighted by Crippen LogP contribution is 2.30. The molecule has 0 spiro atoms. The van der Waals surface area contributed by atoms with E-state index >= 15 is 0 Å². The van der Waals surface area contributed by atoms with E-state index in [4.69, 9.17) is 0 Å². The fourth-order valence-electron chi connectivity index (χ4n) is 1.16. The predicted octanol–water partition coefficient (Wildman–Crippen LogP) is 1.14. The van der Waals surface area contributed by atoms with Gasteiger partial charge < -0.3 is 10.6 Å². The van der Waals surface area contributed by atoms with Crippen LogP contribution in [0.2, 0.25) is 0 Å². The van der Waals surface area contributed by atoms with Crippen molar-refractivity contribution in [3.05, 3.63) is 24.3 Å². The molecule has 0 bridgehead atoms. The van der Waals surface area contributed by atoms with Crippen LogP contribution in [0.5, 0.6) is 0 Å². The van der Waals surface area contributed by atoms with Gasteiger partial charge in [0.2, 0.25) is 5.91 Å². The van der Waals surface area contributed by atoms with Crippen LogP contribution in [0.1, 0.15) is 0 Å². The van der Waals surface area contributed by atoms with E-state index in [0.717, 1.165) is 24.3 Å². The first-order valence-electron chi connectivity index (χ1n) is 5.04. The van der Waals surface area contributed by atoms with Crippen molar-refractivity contribution < 1.29 is 26.4 Å². The Morgan fingerprint density at radius 2 is 1.74 bits per heavy atom. The van der Waals surface area contributed by atoms with Gasteiger partial charge in [-0.25, -0.2) is 8.42 Å². The maximum atomic E-state index is 12.3. The van der Waals surface area contributed by atoms with Crippen LogP contribution in [0.3, 0.4) is 0 Å². The molecular formula is C10H11F3N2O3S. The Morgan fingerprint density at radius 3 is 2.16 bits per heavy atom. The van der Waals surface area contributed by atoms with Crippen LogP contribution >= 0.6 is 0 Å². The minimum absolute atomic E-state index is 0.0676. The van der Waals surface area contributed by atoms with Crippen LogP contribution in [0, 0.1) is 0 Å². The molecule has 0 aliphatic rings. The standard InChI is InChI=1S/C10H11F3N2O3S/c1-14-9(16)6-15-7-2-4-8(5-3-7)19(17,18)10(11,12)13/h2-5,15H,6H2,1H3,(H,14,16). The van der Waals surface area contributed by atoms with Crippen LogP contribution in [0.25, 0.3) is 0 Å². The first-order chi connectivity index (χ1) is 8.68. The number of hydrogen-bond acceptors (Lipinski definition) is 4. The second kappa shape index (κ2) is 5.47. The Bertz CT molecular complexity index is 552. The molecule has 19 heavy (non-hydrogen) atoms. The summed E-state index contributed by atoms with van der Waals surface area (Å²) in [6, 6.07) is 3.97. The zero-order chi connectivity index (χ0) is 14.7. The Labute approximate surface area is 107 Å². The number of rotatable bonds is 4. The summed E-state index contributed by atoms with van der Waals surface area (Å²) in [6.07, 6.45) is 0. The van der Waals surface area contributed by atoms with Gasteiger partial charge in [0.1, 0.15) is 0 Å². The van der Waals surface area contributed by atoms with E-state index in [-0.39, 0.29) is 12.5 Å². The quantitative estimate of drug-likeness (QED) is 0.873. The number of hydrogen-bond donors (Lipinski definition) is 2. The molecule has 1 aromatic rings. The van der Waals surface area contributed by atoms with Gasteiger partial charge in [0, 0.05) is 12.7 Å². The third-order valence-electron chi connectivity index (χ3n) is 2.20. The summed E-state index contributed by atoms with van der Waals surface area (Å²) in [5.41, 5.74) is -4.99. The number of carbonyl (C=O) groups excluding carboxylic acids is 1. The zero-order valence-corrected chi connectivity index (χ0v) is 10.6. The van der Waals surface area contributed by atoms with E-state index in [1.165, 1.54) is 7.05 Å². The van der Waals surface area contributed by atoms with Gasteiger partial charge in [0.15, 0.2) is 0 Å². The van der Waals surface area contributed by atoms with Crippen LogP contribution in [-0.4, -0.2) is 33.4 Å². The number of amides is 1. The van der Waals surface area contributed by atoms with E-state index in [0.29, 0.717) is 5.69 Å². The lowest BCUT2D eigenvalue weighted by molar-refractivity contribution is -0.118. The van der Waals surface area contributed by atoms with Crippen LogP contribution < -0.4 is 10.6 Å². The Morgan fingerprint density at radius 1 is 1.21 bits per heavy atom. The van der Waals surface area contributed by atoms with Crippen molar-refractivity contribution in [2.24, 2.45) is 0 Å². The molecule has 0 radical (unpaired) electrons. The fourth-order valence-corrected chi connectivity index (χ4v) is 1.92. The molecule has 106 valence electrons. The SMILES string of the molecule is CNC(=O)CNc1ccc(S(=O)(=O)C(F)(F)F)cc1. The topological polar surface area (TPSA) is 75.3 Å². The molecule has 0 unspecified atom stereocenters. The summed E-state index contributed by atoms with van der Waals surface area (Å²) in [4.78, 5) is 10.1. The largest absolute Gasteiger partial charge is 0.501 e. The van der Waals surface area contributed by atoms with E-state index in [1.54, 1.807) is 0 Å². The predicted molar refractivity (Wildman–Crippen MR) is 62.2 cm³/mol.